The number of ether oxygens (including phenoxy) is 1. The van der Waals surface area contributed by atoms with Crippen molar-refractivity contribution in [1.82, 2.24) is 14.4 Å². The van der Waals surface area contributed by atoms with Crippen LogP contribution in [0.25, 0.3) is 5.65 Å². The number of alkyl halides is 2. The molecule has 3 aromatic rings. The first-order chi connectivity index (χ1) is 13.4. The summed E-state index contributed by atoms with van der Waals surface area (Å²) >= 11 is 0. The molecule has 2 aliphatic heterocycles. The molecular weight excluding hydrogens is 364 g/mol. The number of carbonyl (C=O) groups is 1. The van der Waals surface area contributed by atoms with Crippen LogP contribution >= 0.6 is 0 Å². The van der Waals surface area contributed by atoms with Crippen molar-refractivity contribution in [1.29, 1.82) is 0 Å². The SMILES string of the molecule is CC12CC(c3cn4cc(CC(=O)c5cccc(C(F)F)n5)ccc4n3)(CO1)C2. The fourth-order valence-electron chi connectivity index (χ4n) is 4.55. The summed E-state index contributed by atoms with van der Waals surface area (Å²) in [4.78, 5) is 21.0. The average Bonchev–Trinajstić information content (AvgIpc) is 3.32. The number of imidazole rings is 1. The first-order valence-electron chi connectivity index (χ1n) is 9.26. The smallest absolute Gasteiger partial charge is 0.280 e. The van der Waals surface area contributed by atoms with E-state index in [9.17, 15) is 13.6 Å². The molecule has 6 rings (SSSR count). The maximum Gasteiger partial charge on any atom is 0.280 e. The number of aromatic nitrogens is 3. The lowest BCUT2D eigenvalue weighted by Gasteiger charge is -2.41. The summed E-state index contributed by atoms with van der Waals surface area (Å²) in [6.07, 6.45) is 3.25. The maximum absolute atomic E-state index is 12.8. The van der Waals surface area contributed by atoms with E-state index in [-0.39, 0.29) is 34.6 Å². The van der Waals surface area contributed by atoms with Crippen LogP contribution in [0.15, 0.2) is 42.7 Å². The molecule has 1 aliphatic carbocycles. The highest BCUT2D eigenvalue weighted by Gasteiger charge is 2.61. The number of Topliss-reactive ketones (excluding diaryl/α,β-unsaturated/α-hetero) is 1. The topological polar surface area (TPSA) is 56.5 Å². The van der Waals surface area contributed by atoms with E-state index >= 15 is 0 Å². The van der Waals surface area contributed by atoms with Gasteiger partial charge in [0.25, 0.3) is 6.43 Å². The van der Waals surface area contributed by atoms with Crippen LogP contribution in [0.4, 0.5) is 8.78 Å². The molecule has 2 bridgehead atoms. The number of hydrogen-bond acceptors (Lipinski definition) is 4. The Kier molecular flexibility index (Phi) is 3.68. The van der Waals surface area contributed by atoms with Crippen LogP contribution in [0, 0.1) is 0 Å². The second-order valence-electron chi connectivity index (χ2n) is 8.15. The number of ketones is 1. The van der Waals surface area contributed by atoms with Crippen LogP contribution in [-0.2, 0) is 16.6 Å². The lowest BCUT2D eigenvalue weighted by molar-refractivity contribution is 0.0154. The molecule has 3 aromatic heterocycles. The van der Waals surface area contributed by atoms with Gasteiger partial charge in [-0.05, 0) is 43.5 Å². The molecule has 7 heteroatoms. The Labute approximate surface area is 160 Å². The van der Waals surface area contributed by atoms with E-state index in [2.05, 4.69) is 11.9 Å². The Hall–Kier alpha value is -2.67. The minimum absolute atomic E-state index is 0.00680. The number of carbonyl (C=O) groups excluding carboxylic acids is 1. The van der Waals surface area contributed by atoms with E-state index < -0.39 is 6.43 Å². The van der Waals surface area contributed by atoms with Gasteiger partial charge in [-0.25, -0.2) is 18.7 Å². The molecule has 3 fully saturated rings. The van der Waals surface area contributed by atoms with E-state index in [4.69, 9.17) is 9.72 Å². The normalized spacial score (nSPS) is 26.0. The quantitative estimate of drug-likeness (QED) is 0.627. The molecule has 0 unspecified atom stereocenters. The van der Waals surface area contributed by atoms with Crippen LogP contribution in [0.5, 0.6) is 0 Å². The van der Waals surface area contributed by atoms with Gasteiger partial charge in [-0.2, -0.15) is 0 Å². The second kappa shape index (κ2) is 5.91. The summed E-state index contributed by atoms with van der Waals surface area (Å²) in [5, 5.41) is 0. The van der Waals surface area contributed by atoms with Crippen LogP contribution in [0.2, 0.25) is 0 Å². The lowest BCUT2D eigenvalue weighted by Crippen LogP contribution is -2.45. The van der Waals surface area contributed by atoms with Gasteiger partial charge in [-0.15, -0.1) is 0 Å². The van der Waals surface area contributed by atoms with E-state index in [0.29, 0.717) is 6.61 Å². The lowest BCUT2D eigenvalue weighted by atomic mass is 9.62. The minimum Gasteiger partial charge on any atom is -0.374 e. The van der Waals surface area contributed by atoms with Crippen molar-refractivity contribution in [2.24, 2.45) is 0 Å². The van der Waals surface area contributed by atoms with Crippen molar-refractivity contribution in [2.75, 3.05) is 6.61 Å². The van der Waals surface area contributed by atoms with Gasteiger partial charge in [0.15, 0.2) is 5.78 Å². The van der Waals surface area contributed by atoms with Crippen molar-refractivity contribution in [3.05, 3.63) is 65.4 Å². The fourth-order valence-corrected chi connectivity index (χ4v) is 4.55. The number of fused-ring (bicyclic) bond motifs is 2. The number of halogens is 2. The zero-order valence-corrected chi connectivity index (χ0v) is 15.4. The molecular formula is C21H19F2N3O2. The van der Waals surface area contributed by atoms with Gasteiger partial charge >= 0.3 is 0 Å². The summed E-state index contributed by atoms with van der Waals surface area (Å²) in [7, 11) is 0. The highest BCUT2D eigenvalue weighted by atomic mass is 19.3. The van der Waals surface area contributed by atoms with Gasteiger partial charge in [-0.3, -0.25) is 4.79 Å². The summed E-state index contributed by atoms with van der Waals surface area (Å²) in [6.45, 7) is 2.83. The Morgan fingerprint density at radius 2 is 2.04 bits per heavy atom. The molecule has 28 heavy (non-hydrogen) atoms. The highest BCUT2D eigenvalue weighted by molar-refractivity contribution is 5.95. The van der Waals surface area contributed by atoms with E-state index in [1.807, 2.05) is 28.9 Å². The van der Waals surface area contributed by atoms with Crippen molar-refractivity contribution in [2.45, 2.75) is 43.6 Å². The molecule has 0 atom stereocenters. The third-order valence-electron chi connectivity index (χ3n) is 5.82. The molecule has 5 nitrogen and oxygen atoms in total. The molecule has 3 aliphatic rings. The van der Waals surface area contributed by atoms with Crippen molar-refractivity contribution in [3.8, 4) is 0 Å². The van der Waals surface area contributed by atoms with Crippen molar-refractivity contribution in [3.63, 3.8) is 0 Å². The van der Waals surface area contributed by atoms with Crippen LogP contribution in [-0.4, -0.2) is 32.4 Å². The molecule has 1 saturated carbocycles. The second-order valence-corrected chi connectivity index (χ2v) is 8.15. The van der Waals surface area contributed by atoms with Gasteiger partial charge in [0.2, 0.25) is 0 Å². The van der Waals surface area contributed by atoms with Crippen LogP contribution in [0.1, 0.15) is 53.6 Å². The first-order valence-corrected chi connectivity index (χ1v) is 9.26. The number of pyridine rings is 2. The zero-order chi connectivity index (χ0) is 19.5. The molecule has 0 aromatic carbocycles. The Bertz CT molecular complexity index is 1090. The third kappa shape index (κ3) is 2.73. The third-order valence-corrected chi connectivity index (χ3v) is 5.82. The maximum atomic E-state index is 12.8. The van der Waals surface area contributed by atoms with E-state index in [1.54, 1.807) is 0 Å². The number of hydrogen-bond donors (Lipinski definition) is 0. The molecule has 5 heterocycles. The summed E-state index contributed by atoms with van der Waals surface area (Å²) in [5.41, 5.74) is 2.30. The average molecular weight is 383 g/mol. The standard InChI is InChI=1S/C21H19F2N3O2/c1-20-10-21(11-20,12-28-20)17-9-26-8-13(5-6-18(26)25-17)7-16(27)14-3-2-4-15(24-14)19(22)23/h2-6,8-9,19H,7,10-12H2,1H3. The first kappa shape index (κ1) is 17.4. The van der Waals surface area contributed by atoms with Gasteiger partial charge in [-0.1, -0.05) is 12.1 Å². The van der Waals surface area contributed by atoms with Gasteiger partial charge < -0.3 is 9.14 Å². The van der Waals surface area contributed by atoms with Crippen molar-refractivity contribution < 1.29 is 18.3 Å². The van der Waals surface area contributed by atoms with Crippen molar-refractivity contribution >= 4 is 11.4 Å². The minimum atomic E-state index is -2.69. The number of nitrogens with zero attached hydrogens (tertiary/aromatic N) is 3. The fraction of sp³-hybridized carbons (Fsp3) is 0.381. The molecule has 2 saturated heterocycles. The molecule has 0 N–H and O–H groups in total. The van der Waals surface area contributed by atoms with Gasteiger partial charge in [0, 0.05) is 24.2 Å². The molecule has 0 radical (unpaired) electrons. The largest absolute Gasteiger partial charge is 0.374 e. The summed E-state index contributed by atoms with van der Waals surface area (Å²) in [6, 6.07) is 7.84. The summed E-state index contributed by atoms with van der Waals surface area (Å²) in [5.74, 6) is -0.292. The van der Waals surface area contributed by atoms with Crippen LogP contribution < -0.4 is 0 Å². The van der Waals surface area contributed by atoms with E-state index in [0.717, 1.165) is 29.7 Å². The predicted molar refractivity (Wildman–Crippen MR) is 97.7 cm³/mol. The molecule has 144 valence electrons. The van der Waals surface area contributed by atoms with Crippen LogP contribution in [0.3, 0.4) is 0 Å². The van der Waals surface area contributed by atoms with Gasteiger partial charge in [0.05, 0.1) is 17.9 Å². The van der Waals surface area contributed by atoms with E-state index in [1.165, 1.54) is 18.2 Å². The van der Waals surface area contributed by atoms with Gasteiger partial charge in [0.1, 0.15) is 17.0 Å². The highest BCUT2D eigenvalue weighted by Crippen LogP contribution is 2.58. The zero-order valence-electron chi connectivity index (χ0n) is 15.4. The molecule has 0 spiro atoms. The Morgan fingerprint density at radius 3 is 2.75 bits per heavy atom. The Morgan fingerprint density at radius 1 is 1.21 bits per heavy atom. The molecule has 0 amide bonds. The number of rotatable bonds is 5. The summed E-state index contributed by atoms with van der Waals surface area (Å²) < 4.78 is 33.4. The monoisotopic (exact) mass is 383 g/mol. The Balaban J connectivity index is 1.38. The predicted octanol–water partition coefficient (Wildman–Crippen LogP) is 3.91.